The topological polar surface area (TPSA) is 68.3 Å². The van der Waals surface area contributed by atoms with Gasteiger partial charge in [0.15, 0.2) is 5.76 Å². The molecule has 88 valence electrons. The Labute approximate surface area is 98.9 Å². The van der Waals surface area contributed by atoms with Crippen molar-refractivity contribution in [2.45, 2.75) is 25.4 Å². The molecule has 1 amide bonds. The Hall–Kier alpha value is -0.940. The van der Waals surface area contributed by atoms with Crippen molar-refractivity contribution >= 4 is 17.7 Å². The molecule has 5 heteroatoms. The number of primary amides is 1. The maximum Gasteiger partial charge on any atom is 0.284 e. The van der Waals surface area contributed by atoms with Crippen LogP contribution < -0.4 is 11.1 Å². The summed E-state index contributed by atoms with van der Waals surface area (Å²) < 4.78 is 5.29. The van der Waals surface area contributed by atoms with Gasteiger partial charge in [-0.25, -0.2) is 0 Å². The molecule has 0 bridgehead atoms. The lowest BCUT2D eigenvalue weighted by Gasteiger charge is -2.21. The Kier molecular flexibility index (Phi) is 3.90. The monoisotopic (exact) mass is 240 g/mol. The standard InChI is InChI=1S/C11H16N2O2S/c12-11(14)10-4-3-9(15-10)6-13-8-2-1-5-16-7-8/h3-4,8,13H,1-2,5-7H2,(H2,12,14). The molecule has 1 saturated heterocycles. The first-order valence-electron chi connectivity index (χ1n) is 5.45. The molecule has 1 aromatic rings. The fourth-order valence-corrected chi connectivity index (χ4v) is 2.86. The van der Waals surface area contributed by atoms with Gasteiger partial charge < -0.3 is 15.5 Å². The highest BCUT2D eigenvalue weighted by Crippen LogP contribution is 2.17. The molecular formula is C11H16N2O2S. The molecule has 1 aromatic heterocycles. The average molecular weight is 240 g/mol. The third-order valence-corrected chi connectivity index (χ3v) is 3.85. The van der Waals surface area contributed by atoms with Crippen LogP contribution in [0, 0.1) is 0 Å². The summed E-state index contributed by atoms with van der Waals surface area (Å²) in [4.78, 5) is 10.8. The van der Waals surface area contributed by atoms with Gasteiger partial charge in [-0.3, -0.25) is 4.79 Å². The van der Waals surface area contributed by atoms with Gasteiger partial charge in [-0.05, 0) is 30.7 Å². The van der Waals surface area contributed by atoms with E-state index in [0.29, 0.717) is 12.6 Å². The maximum absolute atomic E-state index is 10.8. The first-order chi connectivity index (χ1) is 7.75. The van der Waals surface area contributed by atoms with E-state index in [4.69, 9.17) is 10.2 Å². The van der Waals surface area contributed by atoms with E-state index < -0.39 is 5.91 Å². The smallest absolute Gasteiger partial charge is 0.284 e. The lowest BCUT2D eigenvalue weighted by atomic mass is 10.2. The van der Waals surface area contributed by atoms with Crippen molar-refractivity contribution in [2.24, 2.45) is 5.73 Å². The summed E-state index contributed by atoms with van der Waals surface area (Å²) in [5, 5.41) is 3.42. The highest BCUT2D eigenvalue weighted by Gasteiger charge is 2.14. The van der Waals surface area contributed by atoms with Crippen molar-refractivity contribution in [1.82, 2.24) is 5.32 Å². The molecule has 2 rings (SSSR count). The van der Waals surface area contributed by atoms with Gasteiger partial charge in [0.05, 0.1) is 6.54 Å². The average Bonchev–Trinajstić information content (AvgIpc) is 2.76. The number of nitrogens with two attached hydrogens (primary N) is 1. The van der Waals surface area contributed by atoms with Gasteiger partial charge in [-0.2, -0.15) is 11.8 Å². The van der Waals surface area contributed by atoms with Gasteiger partial charge in [0.1, 0.15) is 5.76 Å². The third kappa shape index (κ3) is 3.02. The van der Waals surface area contributed by atoms with Gasteiger partial charge in [0.25, 0.3) is 5.91 Å². The fraction of sp³-hybridized carbons (Fsp3) is 0.545. The predicted octanol–water partition coefficient (Wildman–Crippen LogP) is 1.36. The van der Waals surface area contributed by atoms with E-state index in [1.807, 2.05) is 11.8 Å². The van der Waals surface area contributed by atoms with Crippen LogP contribution in [0.5, 0.6) is 0 Å². The second kappa shape index (κ2) is 5.41. The summed E-state index contributed by atoms with van der Waals surface area (Å²) in [7, 11) is 0. The number of hydrogen-bond donors (Lipinski definition) is 2. The minimum atomic E-state index is -0.514. The Morgan fingerprint density at radius 2 is 2.50 bits per heavy atom. The molecule has 0 spiro atoms. The number of furan rings is 1. The van der Waals surface area contributed by atoms with Crippen LogP contribution in [0.2, 0.25) is 0 Å². The molecule has 3 N–H and O–H groups in total. The number of rotatable bonds is 4. The van der Waals surface area contributed by atoms with Gasteiger partial charge in [-0.15, -0.1) is 0 Å². The molecule has 1 unspecified atom stereocenters. The first-order valence-corrected chi connectivity index (χ1v) is 6.61. The highest BCUT2D eigenvalue weighted by molar-refractivity contribution is 7.99. The number of carbonyl (C=O) groups excluding carboxylic acids is 1. The molecule has 4 nitrogen and oxygen atoms in total. The molecule has 1 fully saturated rings. The molecule has 1 aliphatic rings. The summed E-state index contributed by atoms with van der Waals surface area (Å²) in [5.41, 5.74) is 5.11. The molecule has 0 saturated carbocycles. The number of amides is 1. The van der Waals surface area contributed by atoms with E-state index in [1.165, 1.54) is 18.6 Å². The normalized spacial score (nSPS) is 20.9. The van der Waals surface area contributed by atoms with Crippen molar-refractivity contribution in [3.05, 3.63) is 23.7 Å². The molecule has 1 aliphatic heterocycles. The largest absolute Gasteiger partial charge is 0.455 e. The Bertz CT molecular complexity index is 359. The lowest BCUT2D eigenvalue weighted by molar-refractivity contribution is 0.0972. The van der Waals surface area contributed by atoms with Gasteiger partial charge in [0.2, 0.25) is 0 Å². The van der Waals surface area contributed by atoms with Crippen LogP contribution in [0.1, 0.15) is 29.2 Å². The van der Waals surface area contributed by atoms with Crippen LogP contribution in [0.25, 0.3) is 0 Å². The zero-order valence-corrected chi connectivity index (χ0v) is 9.89. The Morgan fingerprint density at radius 3 is 3.12 bits per heavy atom. The van der Waals surface area contributed by atoms with Gasteiger partial charge in [0, 0.05) is 11.8 Å². The quantitative estimate of drug-likeness (QED) is 0.834. The summed E-state index contributed by atoms with van der Waals surface area (Å²) in [6, 6.07) is 3.97. The van der Waals surface area contributed by atoms with E-state index >= 15 is 0 Å². The molecule has 0 aromatic carbocycles. The summed E-state index contributed by atoms with van der Waals surface area (Å²) in [6.45, 7) is 0.665. The predicted molar refractivity (Wildman–Crippen MR) is 64.4 cm³/mol. The van der Waals surface area contributed by atoms with Crippen LogP contribution >= 0.6 is 11.8 Å². The Balaban J connectivity index is 1.81. The van der Waals surface area contributed by atoms with E-state index in [2.05, 4.69) is 5.32 Å². The zero-order chi connectivity index (χ0) is 11.4. The van der Waals surface area contributed by atoms with Crippen molar-refractivity contribution in [3.63, 3.8) is 0 Å². The fourth-order valence-electron chi connectivity index (χ4n) is 1.75. The first kappa shape index (κ1) is 11.5. The molecule has 2 heterocycles. The molecule has 16 heavy (non-hydrogen) atoms. The summed E-state index contributed by atoms with van der Waals surface area (Å²) in [6.07, 6.45) is 2.49. The molecule has 0 aliphatic carbocycles. The van der Waals surface area contributed by atoms with Crippen molar-refractivity contribution in [3.8, 4) is 0 Å². The summed E-state index contributed by atoms with van der Waals surface area (Å²) in [5.74, 6) is 2.91. The van der Waals surface area contributed by atoms with Crippen molar-refractivity contribution < 1.29 is 9.21 Å². The highest BCUT2D eigenvalue weighted by atomic mass is 32.2. The summed E-state index contributed by atoms with van der Waals surface area (Å²) >= 11 is 1.98. The van der Waals surface area contributed by atoms with Gasteiger partial charge >= 0.3 is 0 Å². The lowest BCUT2D eigenvalue weighted by Crippen LogP contribution is -2.33. The number of carbonyl (C=O) groups is 1. The van der Waals surface area contributed by atoms with Crippen molar-refractivity contribution in [1.29, 1.82) is 0 Å². The van der Waals surface area contributed by atoms with Crippen LogP contribution in [0.4, 0.5) is 0 Å². The van der Waals surface area contributed by atoms with E-state index in [-0.39, 0.29) is 5.76 Å². The minimum Gasteiger partial charge on any atom is -0.455 e. The van der Waals surface area contributed by atoms with Crippen LogP contribution in [-0.2, 0) is 6.54 Å². The number of thioether (sulfide) groups is 1. The van der Waals surface area contributed by atoms with Crippen LogP contribution in [0.15, 0.2) is 16.5 Å². The molecular weight excluding hydrogens is 224 g/mol. The third-order valence-electron chi connectivity index (χ3n) is 2.63. The van der Waals surface area contributed by atoms with E-state index in [1.54, 1.807) is 12.1 Å². The van der Waals surface area contributed by atoms with E-state index in [0.717, 1.165) is 11.5 Å². The number of nitrogens with one attached hydrogen (secondary N) is 1. The van der Waals surface area contributed by atoms with E-state index in [9.17, 15) is 4.79 Å². The molecule has 0 radical (unpaired) electrons. The maximum atomic E-state index is 10.8. The number of hydrogen-bond acceptors (Lipinski definition) is 4. The van der Waals surface area contributed by atoms with Crippen molar-refractivity contribution in [2.75, 3.05) is 11.5 Å². The minimum absolute atomic E-state index is 0.231. The second-order valence-electron chi connectivity index (χ2n) is 3.93. The molecule has 1 atom stereocenters. The Morgan fingerprint density at radius 1 is 1.62 bits per heavy atom. The SMILES string of the molecule is NC(=O)c1ccc(CNC2CCCSC2)o1. The van der Waals surface area contributed by atoms with Crippen LogP contribution in [0.3, 0.4) is 0 Å². The van der Waals surface area contributed by atoms with Gasteiger partial charge in [-0.1, -0.05) is 0 Å². The second-order valence-corrected chi connectivity index (χ2v) is 5.08. The van der Waals surface area contributed by atoms with Crippen LogP contribution in [-0.4, -0.2) is 23.5 Å². The zero-order valence-electron chi connectivity index (χ0n) is 9.07.